The Morgan fingerprint density at radius 3 is 2.58 bits per heavy atom. The Kier molecular flexibility index (Phi) is 7.31. The van der Waals surface area contributed by atoms with E-state index < -0.39 is 12.6 Å². The van der Waals surface area contributed by atoms with Gasteiger partial charge in [-0.1, -0.05) is 11.3 Å². The van der Waals surface area contributed by atoms with Crippen LogP contribution in [0.5, 0.6) is 5.75 Å². The number of amides is 1. The summed E-state index contributed by atoms with van der Waals surface area (Å²) in [7, 11) is 0. The number of carboxylic acids is 1. The molecule has 1 amide bonds. The first kappa shape index (κ1) is 20.1. The quantitative estimate of drug-likeness (QED) is 0.683. The van der Waals surface area contributed by atoms with Crippen molar-refractivity contribution in [2.75, 3.05) is 25.0 Å². The third kappa shape index (κ3) is 5.38. The van der Waals surface area contributed by atoms with Crippen LogP contribution in [0.4, 0.5) is 5.13 Å². The van der Waals surface area contributed by atoms with Crippen molar-refractivity contribution < 1.29 is 19.4 Å². The van der Waals surface area contributed by atoms with Crippen LogP contribution in [0.15, 0.2) is 24.3 Å². The summed E-state index contributed by atoms with van der Waals surface area (Å²) in [4.78, 5) is 22.7. The summed E-state index contributed by atoms with van der Waals surface area (Å²) in [6.07, 6.45) is 2.06. The highest BCUT2D eigenvalue weighted by Crippen LogP contribution is 2.29. The summed E-state index contributed by atoms with van der Waals surface area (Å²) < 4.78 is 5.03. The number of hydrogen-bond acceptors (Lipinski definition) is 7. The molecule has 1 aromatic heterocycles. The van der Waals surface area contributed by atoms with Gasteiger partial charge in [0, 0.05) is 11.5 Å². The lowest BCUT2D eigenvalue weighted by Crippen LogP contribution is -2.26. The first-order chi connectivity index (χ1) is 12.1. The van der Waals surface area contributed by atoms with Gasteiger partial charge in [-0.2, -0.15) is 0 Å². The Morgan fingerprint density at radius 1 is 1.23 bits per heavy atom. The third-order valence-electron chi connectivity index (χ3n) is 3.83. The highest BCUT2D eigenvalue weighted by Gasteiger charge is 2.20. The van der Waals surface area contributed by atoms with Crippen molar-refractivity contribution in [3.8, 4) is 5.75 Å². The van der Waals surface area contributed by atoms with E-state index in [-0.39, 0.29) is 18.3 Å². The molecule has 0 spiro atoms. The molecule has 1 aliphatic rings. The number of rotatable bonds is 6. The smallest absolute Gasteiger partial charge is 0.341 e. The maximum atomic E-state index is 12.3. The fraction of sp³-hybridized carbons (Fsp3) is 0.375. The van der Waals surface area contributed by atoms with E-state index in [9.17, 15) is 9.59 Å². The van der Waals surface area contributed by atoms with E-state index in [4.69, 9.17) is 9.84 Å². The van der Waals surface area contributed by atoms with Crippen molar-refractivity contribution >= 4 is 40.8 Å². The third-order valence-corrected chi connectivity index (χ3v) is 4.83. The molecule has 140 valence electrons. The van der Waals surface area contributed by atoms with Crippen LogP contribution in [0.1, 0.15) is 34.1 Å². The van der Waals surface area contributed by atoms with Crippen LogP contribution in [-0.2, 0) is 4.79 Å². The number of aliphatic carboxylic acids is 1. The average Bonchev–Trinajstić information content (AvgIpc) is 3.09. The van der Waals surface area contributed by atoms with E-state index in [0.717, 1.165) is 30.9 Å². The normalized spacial score (nSPS) is 14.3. The number of anilines is 1. The first-order valence-electron chi connectivity index (χ1n) is 7.92. The average molecular weight is 399 g/mol. The Morgan fingerprint density at radius 2 is 1.92 bits per heavy atom. The molecule has 1 saturated heterocycles. The number of ether oxygens (including phenoxy) is 1. The highest BCUT2D eigenvalue weighted by atomic mass is 35.5. The van der Waals surface area contributed by atoms with Gasteiger partial charge in [0.15, 0.2) is 6.61 Å². The maximum absolute atomic E-state index is 12.3. The number of halogens is 1. The van der Waals surface area contributed by atoms with Gasteiger partial charge in [0.1, 0.15) is 10.8 Å². The van der Waals surface area contributed by atoms with Crippen molar-refractivity contribution in [3.63, 3.8) is 0 Å². The van der Waals surface area contributed by atoms with E-state index in [2.05, 4.69) is 20.8 Å². The van der Waals surface area contributed by atoms with E-state index in [1.807, 2.05) is 0 Å². The molecule has 2 aromatic rings. The number of nitrogens with zero attached hydrogens (tertiary/aromatic N) is 2. The van der Waals surface area contributed by atoms with Crippen LogP contribution in [0.3, 0.4) is 0 Å². The maximum Gasteiger partial charge on any atom is 0.341 e. The van der Waals surface area contributed by atoms with Crippen LogP contribution < -0.4 is 15.4 Å². The molecule has 1 aliphatic heterocycles. The Balaban J connectivity index is 0.00000243. The molecule has 1 aromatic carbocycles. The second kappa shape index (κ2) is 9.46. The first-order valence-corrected chi connectivity index (χ1v) is 8.73. The van der Waals surface area contributed by atoms with Crippen LogP contribution in [0, 0.1) is 0 Å². The van der Waals surface area contributed by atoms with Gasteiger partial charge in [-0.05, 0) is 50.2 Å². The number of carbonyl (C=O) groups is 2. The summed E-state index contributed by atoms with van der Waals surface area (Å²) in [6, 6.07) is 6.25. The van der Waals surface area contributed by atoms with Gasteiger partial charge in [-0.25, -0.2) is 4.79 Å². The summed E-state index contributed by atoms with van der Waals surface area (Å²) in [5.74, 6) is -0.557. The largest absolute Gasteiger partial charge is 0.482 e. The van der Waals surface area contributed by atoms with E-state index in [1.165, 1.54) is 11.3 Å². The topological polar surface area (TPSA) is 113 Å². The molecule has 0 radical (unpaired) electrons. The van der Waals surface area contributed by atoms with E-state index in [1.54, 1.807) is 24.3 Å². The van der Waals surface area contributed by atoms with Crippen molar-refractivity contribution in [2.45, 2.75) is 18.8 Å². The molecule has 0 bridgehead atoms. The summed E-state index contributed by atoms with van der Waals surface area (Å²) >= 11 is 1.40. The lowest BCUT2D eigenvalue weighted by Gasteiger charge is -2.19. The lowest BCUT2D eigenvalue weighted by molar-refractivity contribution is -0.139. The van der Waals surface area contributed by atoms with E-state index in [0.29, 0.717) is 22.4 Å². The van der Waals surface area contributed by atoms with Crippen molar-refractivity contribution in [1.82, 2.24) is 15.5 Å². The molecule has 3 rings (SSSR count). The molecular formula is C16H19ClN4O4S. The van der Waals surface area contributed by atoms with Gasteiger partial charge in [0.05, 0.1) is 0 Å². The summed E-state index contributed by atoms with van der Waals surface area (Å²) in [5, 5.41) is 24.3. The molecule has 26 heavy (non-hydrogen) atoms. The minimum Gasteiger partial charge on any atom is -0.482 e. The van der Waals surface area contributed by atoms with Crippen LogP contribution in [-0.4, -0.2) is 46.9 Å². The monoisotopic (exact) mass is 398 g/mol. The zero-order chi connectivity index (χ0) is 17.6. The molecule has 1 fully saturated rings. The highest BCUT2D eigenvalue weighted by molar-refractivity contribution is 7.15. The Hall–Kier alpha value is -2.23. The van der Waals surface area contributed by atoms with Gasteiger partial charge < -0.3 is 15.2 Å². The molecule has 0 saturated carbocycles. The minimum absolute atomic E-state index is 0. The fourth-order valence-corrected chi connectivity index (χ4v) is 3.44. The number of carboxylic acid groups (broad SMARTS) is 1. The summed E-state index contributed by atoms with van der Waals surface area (Å²) in [5.41, 5.74) is 0.432. The second-order valence-electron chi connectivity index (χ2n) is 5.63. The van der Waals surface area contributed by atoms with Crippen molar-refractivity contribution in [3.05, 3.63) is 34.8 Å². The predicted octanol–water partition coefficient (Wildman–Crippen LogP) is 2.14. The van der Waals surface area contributed by atoms with Crippen molar-refractivity contribution in [2.24, 2.45) is 0 Å². The molecule has 10 heteroatoms. The van der Waals surface area contributed by atoms with Crippen molar-refractivity contribution in [1.29, 1.82) is 0 Å². The van der Waals surface area contributed by atoms with Crippen LogP contribution in [0.25, 0.3) is 0 Å². The Labute approximate surface area is 160 Å². The van der Waals surface area contributed by atoms with Crippen LogP contribution >= 0.6 is 23.7 Å². The second-order valence-corrected chi connectivity index (χ2v) is 6.64. The van der Waals surface area contributed by atoms with Gasteiger partial charge in [0.2, 0.25) is 5.13 Å². The van der Waals surface area contributed by atoms with Gasteiger partial charge >= 0.3 is 5.97 Å². The molecule has 8 nitrogen and oxygen atoms in total. The molecule has 2 heterocycles. The van der Waals surface area contributed by atoms with Gasteiger partial charge in [-0.15, -0.1) is 22.6 Å². The Bertz CT molecular complexity index is 747. The standard InChI is InChI=1S/C16H18N4O4S.ClH/c21-13(22)9-24-12-3-1-10(2-4-12)14(23)18-16-20-19-15(25-16)11-5-7-17-8-6-11;/h1-4,11,17H,5-9H2,(H,21,22)(H,18,20,23);1H. The zero-order valence-electron chi connectivity index (χ0n) is 13.8. The lowest BCUT2D eigenvalue weighted by atomic mass is 9.99. The fourth-order valence-electron chi connectivity index (χ4n) is 2.54. The number of benzene rings is 1. The predicted molar refractivity (Wildman–Crippen MR) is 99.5 cm³/mol. The number of carbonyl (C=O) groups excluding carboxylic acids is 1. The molecule has 0 unspecified atom stereocenters. The van der Waals surface area contributed by atoms with Crippen LogP contribution in [0.2, 0.25) is 0 Å². The number of hydrogen-bond donors (Lipinski definition) is 3. The molecule has 3 N–H and O–H groups in total. The minimum atomic E-state index is -1.05. The SMILES string of the molecule is Cl.O=C(O)COc1ccc(C(=O)Nc2nnc(C3CCNCC3)s2)cc1. The number of aromatic nitrogens is 2. The van der Waals surface area contributed by atoms with Gasteiger partial charge in [0.25, 0.3) is 5.91 Å². The summed E-state index contributed by atoms with van der Waals surface area (Å²) in [6.45, 7) is 1.53. The van der Waals surface area contributed by atoms with Gasteiger partial charge in [-0.3, -0.25) is 10.1 Å². The van der Waals surface area contributed by atoms with E-state index >= 15 is 0 Å². The molecule has 0 aliphatic carbocycles. The zero-order valence-corrected chi connectivity index (χ0v) is 15.4. The molecular weight excluding hydrogens is 380 g/mol. The number of nitrogens with one attached hydrogen (secondary N) is 2. The molecule has 0 atom stereocenters. The number of piperidine rings is 1.